The van der Waals surface area contributed by atoms with E-state index in [-0.39, 0.29) is 6.61 Å². The predicted molar refractivity (Wildman–Crippen MR) is 94.7 cm³/mol. The Kier molecular flexibility index (Phi) is 5.04. The van der Waals surface area contributed by atoms with E-state index in [1.807, 2.05) is 54.6 Å². The van der Waals surface area contributed by atoms with E-state index < -0.39 is 0 Å². The van der Waals surface area contributed by atoms with Crippen molar-refractivity contribution in [3.63, 3.8) is 0 Å². The fourth-order valence-electron chi connectivity index (χ4n) is 2.43. The van der Waals surface area contributed by atoms with Crippen LogP contribution >= 0.6 is 0 Å². The fourth-order valence-corrected chi connectivity index (χ4v) is 2.43. The van der Waals surface area contributed by atoms with Crippen molar-refractivity contribution in [3.8, 4) is 11.1 Å². The average molecular weight is 304 g/mol. The van der Waals surface area contributed by atoms with E-state index in [0.29, 0.717) is 0 Å². The second-order valence-electron chi connectivity index (χ2n) is 5.40. The van der Waals surface area contributed by atoms with Gasteiger partial charge in [0.05, 0.1) is 6.61 Å². The van der Waals surface area contributed by atoms with Crippen LogP contribution in [0.4, 0.5) is 5.69 Å². The molecule has 3 heteroatoms. The summed E-state index contributed by atoms with van der Waals surface area (Å²) >= 11 is 0. The van der Waals surface area contributed by atoms with Crippen molar-refractivity contribution >= 4 is 5.69 Å². The summed E-state index contributed by atoms with van der Waals surface area (Å²) in [5, 5.41) is 9.12. The van der Waals surface area contributed by atoms with Gasteiger partial charge in [-0.05, 0) is 40.5 Å². The van der Waals surface area contributed by atoms with Gasteiger partial charge in [-0.3, -0.25) is 0 Å². The minimum Gasteiger partial charge on any atom is -0.392 e. The largest absolute Gasteiger partial charge is 0.392 e. The summed E-state index contributed by atoms with van der Waals surface area (Å²) in [6.45, 7) is 0.812. The number of benzene rings is 3. The molecule has 0 aliphatic heterocycles. The molecule has 0 bridgehead atoms. The Labute approximate surface area is 136 Å². The number of hydrogen-bond donors (Lipinski definition) is 3. The van der Waals surface area contributed by atoms with E-state index >= 15 is 0 Å². The van der Waals surface area contributed by atoms with Crippen molar-refractivity contribution in [2.45, 2.75) is 13.2 Å². The molecule has 0 saturated carbocycles. The summed E-state index contributed by atoms with van der Waals surface area (Å²) in [6, 6.07) is 26.5. The summed E-state index contributed by atoms with van der Waals surface area (Å²) < 4.78 is 0. The number of hydrogen-bond acceptors (Lipinski definition) is 3. The third kappa shape index (κ3) is 4.19. The number of rotatable bonds is 6. The molecule has 0 fully saturated rings. The molecule has 0 spiro atoms. The number of para-hydroxylation sites is 1. The van der Waals surface area contributed by atoms with Crippen LogP contribution < -0.4 is 10.9 Å². The van der Waals surface area contributed by atoms with Gasteiger partial charge in [-0.15, -0.1) is 0 Å². The highest BCUT2D eigenvalue weighted by Crippen LogP contribution is 2.21. The lowest BCUT2D eigenvalue weighted by Gasteiger charge is -2.10. The molecular weight excluding hydrogens is 284 g/mol. The van der Waals surface area contributed by atoms with Crippen molar-refractivity contribution in [1.82, 2.24) is 5.43 Å². The van der Waals surface area contributed by atoms with Crippen LogP contribution in [-0.2, 0) is 13.2 Å². The first-order valence-electron chi connectivity index (χ1n) is 7.68. The van der Waals surface area contributed by atoms with Gasteiger partial charge in [-0.2, -0.15) is 0 Å². The first-order chi connectivity index (χ1) is 11.3. The lowest BCUT2D eigenvalue weighted by atomic mass is 10.0. The Hall–Kier alpha value is -2.62. The molecule has 0 atom stereocenters. The molecule has 3 nitrogen and oxygen atoms in total. The second-order valence-corrected chi connectivity index (χ2v) is 5.40. The minimum absolute atomic E-state index is 0.0788. The van der Waals surface area contributed by atoms with E-state index in [1.165, 1.54) is 11.1 Å². The topological polar surface area (TPSA) is 44.3 Å². The van der Waals surface area contributed by atoms with Gasteiger partial charge in [-0.1, -0.05) is 60.7 Å². The fraction of sp³-hybridized carbons (Fsp3) is 0.100. The van der Waals surface area contributed by atoms with Crippen LogP contribution in [-0.4, -0.2) is 5.11 Å². The standard InChI is InChI=1S/C20H20N2O/c23-15-16-9-11-18(12-10-16)19-6-4-5-17(13-19)14-21-22-20-7-2-1-3-8-20/h1-13,21-23H,14-15H2. The summed E-state index contributed by atoms with van der Waals surface area (Å²) in [6.07, 6.45) is 0. The molecule has 3 N–H and O–H groups in total. The van der Waals surface area contributed by atoms with Gasteiger partial charge in [-0.25, -0.2) is 5.43 Å². The molecule has 3 aromatic carbocycles. The third-order valence-corrected chi connectivity index (χ3v) is 3.70. The van der Waals surface area contributed by atoms with Crippen LogP contribution in [0, 0.1) is 0 Å². The SMILES string of the molecule is OCc1ccc(-c2cccc(CNNc3ccccc3)c2)cc1. The molecule has 23 heavy (non-hydrogen) atoms. The van der Waals surface area contributed by atoms with Crippen molar-refractivity contribution in [1.29, 1.82) is 0 Å². The van der Waals surface area contributed by atoms with E-state index in [9.17, 15) is 0 Å². The monoisotopic (exact) mass is 304 g/mol. The van der Waals surface area contributed by atoms with Gasteiger partial charge >= 0.3 is 0 Å². The number of aliphatic hydroxyl groups is 1. The highest BCUT2D eigenvalue weighted by Gasteiger charge is 2.00. The lowest BCUT2D eigenvalue weighted by molar-refractivity contribution is 0.282. The average Bonchev–Trinajstić information content (AvgIpc) is 2.63. The van der Waals surface area contributed by atoms with Crippen LogP contribution in [0.1, 0.15) is 11.1 Å². The van der Waals surface area contributed by atoms with Gasteiger partial charge in [0.1, 0.15) is 0 Å². The zero-order valence-electron chi connectivity index (χ0n) is 12.9. The number of hydrazine groups is 1. The van der Waals surface area contributed by atoms with E-state index in [0.717, 1.165) is 23.4 Å². The summed E-state index contributed by atoms with van der Waals surface area (Å²) in [5.41, 5.74) is 11.9. The number of aliphatic hydroxyl groups excluding tert-OH is 1. The van der Waals surface area contributed by atoms with Gasteiger partial charge < -0.3 is 10.5 Å². The third-order valence-electron chi connectivity index (χ3n) is 3.70. The molecule has 0 unspecified atom stereocenters. The summed E-state index contributed by atoms with van der Waals surface area (Å²) in [7, 11) is 0. The second kappa shape index (κ2) is 7.58. The Balaban J connectivity index is 1.64. The quantitative estimate of drug-likeness (QED) is 0.604. The summed E-state index contributed by atoms with van der Waals surface area (Å²) in [5.74, 6) is 0. The maximum atomic E-state index is 9.12. The summed E-state index contributed by atoms with van der Waals surface area (Å²) in [4.78, 5) is 0. The van der Waals surface area contributed by atoms with Crippen molar-refractivity contribution < 1.29 is 5.11 Å². The lowest BCUT2D eigenvalue weighted by Crippen LogP contribution is -2.20. The van der Waals surface area contributed by atoms with Crippen LogP contribution in [0.15, 0.2) is 78.9 Å². The van der Waals surface area contributed by atoms with Crippen LogP contribution in [0.5, 0.6) is 0 Å². The first-order valence-corrected chi connectivity index (χ1v) is 7.68. The van der Waals surface area contributed by atoms with Crippen LogP contribution in [0.25, 0.3) is 11.1 Å². The Morgan fingerprint density at radius 2 is 1.48 bits per heavy atom. The molecule has 116 valence electrons. The van der Waals surface area contributed by atoms with Gasteiger partial charge in [0.25, 0.3) is 0 Å². The van der Waals surface area contributed by atoms with Crippen LogP contribution in [0.3, 0.4) is 0 Å². The Bertz CT molecular complexity index is 739. The maximum absolute atomic E-state index is 9.12. The molecule has 0 aliphatic rings. The molecule has 3 rings (SSSR count). The molecule has 0 heterocycles. The van der Waals surface area contributed by atoms with E-state index in [1.54, 1.807) is 0 Å². The van der Waals surface area contributed by atoms with Gasteiger partial charge in [0.15, 0.2) is 0 Å². The molecule has 3 aromatic rings. The molecule has 0 radical (unpaired) electrons. The number of nitrogens with one attached hydrogen (secondary N) is 2. The number of anilines is 1. The van der Waals surface area contributed by atoms with Crippen LogP contribution in [0.2, 0.25) is 0 Å². The highest BCUT2D eigenvalue weighted by molar-refractivity contribution is 5.64. The Morgan fingerprint density at radius 3 is 2.22 bits per heavy atom. The van der Waals surface area contributed by atoms with Gasteiger partial charge in [0, 0.05) is 12.2 Å². The van der Waals surface area contributed by atoms with E-state index in [4.69, 9.17) is 5.11 Å². The van der Waals surface area contributed by atoms with Crippen molar-refractivity contribution in [2.24, 2.45) is 0 Å². The molecule has 0 amide bonds. The molecular formula is C20H20N2O. The smallest absolute Gasteiger partial charge is 0.0681 e. The molecule has 0 saturated heterocycles. The van der Waals surface area contributed by atoms with E-state index in [2.05, 4.69) is 35.1 Å². The van der Waals surface area contributed by atoms with Crippen molar-refractivity contribution in [3.05, 3.63) is 90.0 Å². The maximum Gasteiger partial charge on any atom is 0.0681 e. The van der Waals surface area contributed by atoms with Gasteiger partial charge in [0.2, 0.25) is 0 Å². The highest BCUT2D eigenvalue weighted by atomic mass is 16.3. The minimum atomic E-state index is 0.0788. The Morgan fingerprint density at radius 1 is 0.696 bits per heavy atom. The zero-order valence-corrected chi connectivity index (χ0v) is 12.9. The predicted octanol–water partition coefficient (Wildman–Crippen LogP) is 3.96. The normalized spacial score (nSPS) is 10.5. The van der Waals surface area contributed by atoms with Crippen molar-refractivity contribution in [2.75, 3.05) is 5.43 Å². The molecule has 0 aromatic heterocycles. The molecule has 0 aliphatic carbocycles. The first kappa shape index (κ1) is 15.3. The zero-order chi connectivity index (χ0) is 15.9.